The van der Waals surface area contributed by atoms with Crippen LogP contribution in [0.3, 0.4) is 0 Å². The van der Waals surface area contributed by atoms with Crippen molar-refractivity contribution >= 4 is 29.9 Å². The number of guanidine groups is 1. The van der Waals surface area contributed by atoms with E-state index in [9.17, 15) is 0 Å². The number of halogens is 1. The van der Waals surface area contributed by atoms with Gasteiger partial charge in [-0.25, -0.2) is 0 Å². The van der Waals surface area contributed by atoms with Gasteiger partial charge in [-0.1, -0.05) is 38.1 Å². The predicted octanol–water partition coefficient (Wildman–Crippen LogP) is 3.72. The molecular weight excluding hydrogens is 475 g/mol. The Morgan fingerprint density at radius 1 is 1.10 bits per heavy atom. The molecule has 0 atom stereocenters. The lowest BCUT2D eigenvalue weighted by atomic mass is 10.1. The van der Waals surface area contributed by atoms with Crippen molar-refractivity contribution in [2.45, 2.75) is 53.8 Å². The quantitative estimate of drug-likeness (QED) is 0.221. The predicted molar refractivity (Wildman–Crippen MR) is 133 cm³/mol. The van der Waals surface area contributed by atoms with Crippen molar-refractivity contribution in [1.82, 2.24) is 25.3 Å². The van der Waals surface area contributed by atoms with E-state index in [-0.39, 0.29) is 24.0 Å². The van der Waals surface area contributed by atoms with Gasteiger partial charge in [-0.05, 0) is 50.6 Å². The van der Waals surface area contributed by atoms with Gasteiger partial charge in [0.15, 0.2) is 5.96 Å². The molecule has 0 unspecified atom stereocenters. The zero-order valence-electron chi connectivity index (χ0n) is 18.5. The summed E-state index contributed by atoms with van der Waals surface area (Å²) in [7, 11) is 1.81. The monoisotopic (exact) mass is 512 g/mol. The second kappa shape index (κ2) is 13.6. The maximum absolute atomic E-state index is 4.50. The number of hydrogen-bond donors (Lipinski definition) is 2. The van der Waals surface area contributed by atoms with Gasteiger partial charge in [0.1, 0.15) is 0 Å². The minimum absolute atomic E-state index is 0. The number of rotatable bonds is 10. The Morgan fingerprint density at radius 2 is 1.83 bits per heavy atom. The van der Waals surface area contributed by atoms with E-state index in [1.165, 1.54) is 16.8 Å². The molecule has 0 saturated carbocycles. The van der Waals surface area contributed by atoms with E-state index in [1.54, 1.807) is 0 Å². The molecule has 0 saturated heterocycles. The van der Waals surface area contributed by atoms with Crippen LogP contribution in [0, 0.1) is 13.8 Å². The van der Waals surface area contributed by atoms with Gasteiger partial charge in [0, 0.05) is 38.9 Å². The molecule has 162 valence electrons. The molecule has 1 heterocycles. The summed E-state index contributed by atoms with van der Waals surface area (Å²) in [5, 5.41) is 11.3. The van der Waals surface area contributed by atoms with Crippen molar-refractivity contribution in [3.8, 4) is 0 Å². The van der Waals surface area contributed by atoms with E-state index in [1.807, 2.05) is 14.0 Å². The number of nitrogens with one attached hydrogen (secondary N) is 2. The van der Waals surface area contributed by atoms with Crippen LogP contribution in [0.1, 0.15) is 42.8 Å². The molecule has 0 aliphatic rings. The van der Waals surface area contributed by atoms with Crippen molar-refractivity contribution in [2.24, 2.45) is 4.99 Å². The second-order valence-electron chi connectivity index (χ2n) is 7.14. The van der Waals surface area contributed by atoms with Gasteiger partial charge in [0.05, 0.1) is 5.69 Å². The minimum Gasteiger partial charge on any atom is -0.356 e. The molecule has 0 radical (unpaired) electrons. The van der Waals surface area contributed by atoms with E-state index in [4.69, 9.17) is 0 Å². The van der Waals surface area contributed by atoms with Crippen LogP contribution in [-0.2, 0) is 19.6 Å². The topological polar surface area (TPSA) is 57.5 Å². The molecule has 2 rings (SSSR count). The standard InChI is InChI=1S/C22H36N6.HI/c1-6-27(7-2)17-21-11-8-10-20(15-21)16-25-22(23-5)24-12-9-13-28-19(4)14-18(3)26-28;/h8,10-11,14-15H,6-7,9,12-13,16-17H2,1-5H3,(H2,23,24,25);1H. The van der Waals surface area contributed by atoms with Crippen LogP contribution in [0.4, 0.5) is 0 Å². The molecule has 2 N–H and O–H groups in total. The van der Waals surface area contributed by atoms with Gasteiger partial charge in [0.25, 0.3) is 0 Å². The molecule has 7 heteroatoms. The second-order valence-corrected chi connectivity index (χ2v) is 7.14. The average molecular weight is 512 g/mol. The Bertz CT molecular complexity index is 752. The largest absolute Gasteiger partial charge is 0.356 e. The molecule has 1 aromatic heterocycles. The SMILES string of the molecule is CCN(CC)Cc1cccc(CNC(=NC)NCCCn2nc(C)cc2C)c1.I. The highest BCUT2D eigenvalue weighted by Gasteiger charge is 2.04. The Hall–Kier alpha value is -1.61. The Kier molecular flexibility index (Phi) is 11.9. The summed E-state index contributed by atoms with van der Waals surface area (Å²) in [5.74, 6) is 0.836. The number of nitrogens with zero attached hydrogens (tertiary/aromatic N) is 4. The summed E-state index contributed by atoms with van der Waals surface area (Å²) in [5.41, 5.74) is 4.92. The minimum atomic E-state index is 0. The first-order valence-corrected chi connectivity index (χ1v) is 10.3. The molecule has 0 fully saturated rings. The molecule has 1 aromatic carbocycles. The van der Waals surface area contributed by atoms with Crippen LogP contribution >= 0.6 is 24.0 Å². The Morgan fingerprint density at radius 3 is 2.45 bits per heavy atom. The van der Waals surface area contributed by atoms with Crippen LogP contribution in [0.2, 0.25) is 0 Å². The fraction of sp³-hybridized carbons (Fsp3) is 0.545. The fourth-order valence-electron chi connectivity index (χ4n) is 3.29. The van der Waals surface area contributed by atoms with E-state index in [0.29, 0.717) is 0 Å². The lowest BCUT2D eigenvalue weighted by Crippen LogP contribution is -2.37. The zero-order chi connectivity index (χ0) is 20.4. The smallest absolute Gasteiger partial charge is 0.191 e. The van der Waals surface area contributed by atoms with Gasteiger partial charge >= 0.3 is 0 Å². The number of aromatic nitrogens is 2. The van der Waals surface area contributed by atoms with Gasteiger partial charge in [-0.2, -0.15) is 5.10 Å². The molecule has 0 aliphatic carbocycles. The lowest BCUT2D eigenvalue weighted by Gasteiger charge is -2.18. The van der Waals surface area contributed by atoms with E-state index < -0.39 is 0 Å². The summed E-state index contributed by atoms with van der Waals surface area (Å²) >= 11 is 0. The Balaban J connectivity index is 0.00000420. The number of benzene rings is 1. The van der Waals surface area contributed by atoms with Crippen molar-refractivity contribution < 1.29 is 0 Å². The summed E-state index contributed by atoms with van der Waals surface area (Å²) in [6, 6.07) is 10.9. The molecule has 29 heavy (non-hydrogen) atoms. The third kappa shape index (κ3) is 8.74. The first-order chi connectivity index (χ1) is 13.5. The Labute approximate surface area is 193 Å². The fourth-order valence-corrected chi connectivity index (χ4v) is 3.29. The zero-order valence-corrected chi connectivity index (χ0v) is 20.9. The van der Waals surface area contributed by atoms with Gasteiger partial charge in [-0.3, -0.25) is 14.6 Å². The normalized spacial score (nSPS) is 11.4. The third-order valence-corrected chi connectivity index (χ3v) is 4.92. The van der Waals surface area contributed by atoms with E-state index in [2.05, 4.69) is 81.4 Å². The average Bonchev–Trinajstić information content (AvgIpc) is 3.02. The maximum atomic E-state index is 4.50. The first kappa shape index (κ1) is 25.4. The number of aliphatic imine (C=N–C) groups is 1. The lowest BCUT2D eigenvalue weighted by molar-refractivity contribution is 0.296. The van der Waals surface area contributed by atoms with Crippen LogP contribution in [-0.4, -0.2) is 47.3 Å². The number of hydrogen-bond acceptors (Lipinski definition) is 3. The van der Waals surface area contributed by atoms with Crippen molar-refractivity contribution in [3.05, 3.63) is 52.8 Å². The summed E-state index contributed by atoms with van der Waals surface area (Å²) in [4.78, 5) is 6.76. The van der Waals surface area contributed by atoms with Crippen molar-refractivity contribution in [3.63, 3.8) is 0 Å². The third-order valence-electron chi connectivity index (χ3n) is 4.92. The molecular formula is C22H37IN6. The van der Waals surface area contributed by atoms with E-state index >= 15 is 0 Å². The first-order valence-electron chi connectivity index (χ1n) is 10.3. The molecule has 6 nitrogen and oxygen atoms in total. The highest BCUT2D eigenvalue weighted by Crippen LogP contribution is 2.08. The van der Waals surface area contributed by atoms with Crippen LogP contribution in [0.25, 0.3) is 0 Å². The highest BCUT2D eigenvalue weighted by molar-refractivity contribution is 14.0. The molecule has 0 bridgehead atoms. The molecule has 2 aromatic rings. The summed E-state index contributed by atoms with van der Waals surface area (Å²) in [6.45, 7) is 14.2. The van der Waals surface area contributed by atoms with Gasteiger partial charge in [-0.15, -0.1) is 24.0 Å². The van der Waals surface area contributed by atoms with E-state index in [0.717, 1.165) is 57.3 Å². The molecule has 0 aliphatic heterocycles. The van der Waals surface area contributed by atoms with Gasteiger partial charge in [0.2, 0.25) is 0 Å². The van der Waals surface area contributed by atoms with Crippen LogP contribution < -0.4 is 10.6 Å². The maximum Gasteiger partial charge on any atom is 0.191 e. The summed E-state index contributed by atoms with van der Waals surface area (Å²) in [6.07, 6.45) is 1.00. The molecule has 0 spiro atoms. The molecule has 0 amide bonds. The van der Waals surface area contributed by atoms with Gasteiger partial charge < -0.3 is 10.6 Å². The highest BCUT2D eigenvalue weighted by atomic mass is 127. The van der Waals surface area contributed by atoms with Crippen molar-refractivity contribution in [2.75, 3.05) is 26.7 Å². The number of aryl methyl sites for hydroxylation is 3. The van der Waals surface area contributed by atoms with Crippen LogP contribution in [0.5, 0.6) is 0 Å². The summed E-state index contributed by atoms with van der Waals surface area (Å²) < 4.78 is 2.06. The van der Waals surface area contributed by atoms with Crippen molar-refractivity contribution in [1.29, 1.82) is 0 Å². The van der Waals surface area contributed by atoms with Crippen LogP contribution in [0.15, 0.2) is 35.3 Å².